The minimum Gasteiger partial charge on any atom is -0.463 e. The lowest BCUT2D eigenvalue weighted by atomic mass is 10.1. The molecule has 0 fully saturated rings. The van der Waals surface area contributed by atoms with Crippen LogP contribution in [0.5, 0.6) is 0 Å². The van der Waals surface area contributed by atoms with Crippen LogP contribution in [-0.2, 0) is 9.53 Å². The first-order chi connectivity index (χ1) is 7.07. The maximum atomic E-state index is 11.1. The molecule has 0 spiro atoms. The Balaban J connectivity index is 3.40. The number of unbranched alkanes of at least 4 members (excludes halogenated alkanes) is 3. The quantitative estimate of drug-likeness (QED) is 0.501. The molecule has 0 aliphatic carbocycles. The SMILES string of the molecule is CCCCCCC(O)COC(=O)C(C)C. The van der Waals surface area contributed by atoms with Gasteiger partial charge in [-0.25, -0.2) is 0 Å². The molecule has 0 saturated carbocycles. The van der Waals surface area contributed by atoms with Crippen molar-refractivity contribution in [2.45, 2.75) is 59.0 Å². The fourth-order valence-corrected chi connectivity index (χ4v) is 1.24. The summed E-state index contributed by atoms with van der Waals surface area (Å²) in [5.41, 5.74) is 0. The smallest absolute Gasteiger partial charge is 0.308 e. The van der Waals surface area contributed by atoms with Gasteiger partial charge in [0, 0.05) is 0 Å². The van der Waals surface area contributed by atoms with Crippen LogP contribution in [0.3, 0.4) is 0 Å². The van der Waals surface area contributed by atoms with Crippen LogP contribution in [0, 0.1) is 5.92 Å². The molecule has 1 atom stereocenters. The largest absolute Gasteiger partial charge is 0.463 e. The molecule has 0 heterocycles. The van der Waals surface area contributed by atoms with Crippen LogP contribution >= 0.6 is 0 Å². The van der Waals surface area contributed by atoms with Crippen molar-refractivity contribution in [3.8, 4) is 0 Å². The van der Waals surface area contributed by atoms with E-state index in [1.807, 2.05) is 0 Å². The first-order valence-corrected chi connectivity index (χ1v) is 5.92. The van der Waals surface area contributed by atoms with Crippen molar-refractivity contribution < 1.29 is 14.6 Å². The van der Waals surface area contributed by atoms with E-state index in [2.05, 4.69) is 6.92 Å². The molecule has 1 N–H and O–H groups in total. The van der Waals surface area contributed by atoms with E-state index in [-0.39, 0.29) is 18.5 Å². The molecule has 0 aromatic rings. The maximum Gasteiger partial charge on any atom is 0.308 e. The Labute approximate surface area is 92.8 Å². The highest BCUT2D eigenvalue weighted by molar-refractivity contribution is 5.71. The van der Waals surface area contributed by atoms with E-state index >= 15 is 0 Å². The van der Waals surface area contributed by atoms with Crippen molar-refractivity contribution >= 4 is 5.97 Å². The molecule has 3 nitrogen and oxygen atoms in total. The van der Waals surface area contributed by atoms with Crippen molar-refractivity contribution in [3.63, 3.8) is 0 Å². The Bertz CT molecular complexity index is 166. The van der Waals surface area contributed by atoms with Crippen LogP contribution in [0.15, 0.2) is 0 Å². The second kappa shape index (κ2) is 8.72. The number of carbonyl (C=O) groups is 1. The predicted octanol–water partition coefficient (Wildman–Crippen LogP) is 2.52. The van der Waals surface area contributed by atoms with Crippen LogP contribution < -0.4 is 0 Å². The highest BCUT2D eigenvalue weighted by Crippen LogP contribution is 2.06. The number of esters is 1. The van der Waals surface area contributed by atoms with Gasteiger partial charge in [0.1, 0.15) is 6.61 Å². The molecular weight excluding hydrogens is 192 g/mol. The van der Waals surface area contributed by atoms with Gasteiger partial charge in [0.2, 0.25) is 0 Å². The summed E-state index contributed by atoms with van der Waals surface area (Å²) < 4.78 is 4.93. The molecule has 0 radical (unpaired) electrons. The van der Waals surface area contributed by atoms with Gasteiger partial charge in [-0.2, -0.15) is 0 Å². The number of rotatable bonds is 8. The average Bonchev–Trinajstić information content (AvgIpc) is 2.20. The summed E-state index contributed by atoms with van der Waals surface area (Å²) in [6, 6.07) is 0. The summed E-state index contributed by atoms with van der Waals surface area (Å²) in [6.07, 6.45) is 4.78. The van der Waals surface area contributed by atoms with Crippen LogP contribution in [0.1, 0.15) is 52.9 Å². The van der Waals surface area contributed by atoms with Crippen molar-refractivity contribution in [2.24, 2.45) is 5.92 Å². The third kappa shape index (κ3) is 8.43. The summed E-state index contributed by atoms with van der Waals surface area (Å²) >= 11 is 0. The second-order valence-electron chi connectivity index (χ2n) is 4.29. The van der Waals surface area contributed by atoms with Crippen LogP contribution in [-0.4, -0.2) is 23.8 Å². The molecule has 0 aliphatic rings. The minimum absolute atomic E-state index is 0.114. The third-order valence-corrected chi connectivity index (χ3v) is 2.28. The molecule has 0 saturated heterocycles. The molecule has 0 rings (SSSR count). The maximum absolute atomic E-state index is 11.1. The fourth-order valence-electron chi connectivity index (χ4n) is 1.24. The highest BCUT2D eigenvalue weighted by atomic mass is 16.5. The number of carbonyl (C=O) groups excluding carboxylic acids is 1. The summed E-state index contributed by atoms with van der Waals surface area (Å²) in [7, 11) is 0. The molecule has 0 aromatic heterocycles. The van der Waals surface area contributed by atoms with E-state index < -0.39 is 6.10 Å². The first-order valence-electron chi connectivity index (χ1n) is 5.92. The molecular formula is C12H24O3. The van der Waals surface area contributed by atoms with E-state index in [9.17, 15) is 9.90 Å². The van der Waals surface area contributed by atoms with E-state index in [0.717, 1.165) is 19.3 Å². The molecule has 0 bridgehead atoms. The number of hydrogen-bond acceptors (Lipinski definition) is 3. The van der Waals surface area contributed by atoms with Gasteiger partial charge in [-0.05, 0) is 6.42 Å². The number of ether oxygens (including phenoxy) is 1. The standard InChI is InChI=1S/C12H24O3/c1-4-5-6-7-8-11(13)9-15-12(14)10(2)3/h10-11,13H,4-9H2,1-3H3. The number of aliphatic hydroxyl groups is 1. The fraction of sp³-hybridized carbons (Fsp3) is 0.917. The van der Waals surface area contributed by atoms with E-state index in [4.69, 9.17) is 4.74 Å². The molecule has 1 unspecified atom stereocenters. The summed E-state index contributed by atoms with van der Waals surface area (Å²) in [4.78, 5) is 11.1. The lowest BCUT2D eigenvalue weighted by Gasteiger charge is -2.12. The normalized spacial score (nSPS) is 12.9. The molecule has 0 aromatic carbocycles. The lowest BCUT2D eigenvalue weighted by molar-refractivity contribution is -0.150. The van der Waals surface area contributed by atoms with Crippen molar-refractivity contribution in [1.29, 1.82) is 0 Å². The Morgan fingerprint density at radius 1 is 1.27 bits per heavy atom. The zero-order valence-corrected chi connectivity index (χ0v) is 10.2. The van der Waals surface area contributed by atoms with Crippen molar-refractivity contribution in [1.82, 2.24) is 0 Å². The van der Waals surface area contributed by atoms with E-state index in [0.29, 0.717) is 0 Å². The zero-order chi connectivity index (χ0) is 11.7. The van der Waals surface area contributed by atoms with Crippen LogP contribution in [0.4, 0.5) is 0 Å². The zero-order valence-electron chi connectivity index (χ0n) is 10.2. The monoisotopic (exact) mass is 216 g/mol. The molecule has 0 aliphatic heterocycles. The number of aliphatic hydroxyl groups excluding tert-OH is 1. The molecule has 3 heteroatoms. The van der Waals surface area contributed by atoms with Gasteiger partial charge in [-0.15, -0.1) is 0 Å². The Kier molecular flexibility index (Phi) is 8.38. The Morgan fingerprint density at radius 3 is 2.47 bits per heavy atom. The highest BCUT2D eigenvalue weighted by Gasteiger charge is 2.11. The predicted molar refractivity (Wildman–Crippen MR) is 60.6 cm³/mol. The van der Waals surface area contributed by atoms with Crippen LogP contribution in [0.25, 0.3) is 0 Å². The third-order valence-electron chi connectivity index (χ3n) is 2.28. The van der Waals surface area contributed by atoms with Gasteiger partial charge >= 0.3 is 5.97 Å². The average molecular weight is 216 g/mol. The number of hydrogen-bond donors (Lipinski definition) is 1. The minimum atomic E-state index is -0.496. The van der Waals surface area contributed by atoms with Gasteiger partial charge in [0.25, 0.3) is 0 Å². The van der Waals surface area contributed by atoms with Gasteiger partial charge in [-0.1, -0.05) is 46.5 Å². The summed E-state index contributed by atoms with van der Waals surface area (Å²) in [6.45, 7) is 5.87. The molecule has 90 valence electrons. The van der Waals surface area contributed by atoms with Crippen molar-refractivity contribution in [2.75, 3.05) is 6.61 Å². The lowest BCUT2D eigenvalue weighted by Crippen LogP contribution is -2.21. The first kappa shape index (κ1) is 14.4. The Morgan fingerprint density at radius 2 is 1.93 bits per heavy atom. The van der Waals surface area contributed by atoms with Gasteiger partial charge in [0.05, 0.1) is 12.0 Å². The van der Waals surface area contributed by atoms with Crippen molar-refractivity contribution in [3.05, 3.63) is 0 Å². The van der Waals surface area contributed by atoms with Gasteiger partial charge < -0.3 is 9.84 Å². The van der Waals surface area contributed by atoms with E-state index in [1.165, 1.54) is 12.8 Å². The Hall–Kier alpha value is -0.570. The van der Waals surface area contributed by atoms with Gasteiger partial charge in [0.15, 0.2) is 0 Å². The van der Waals surface area contributed by atoms with Crippen LogP contribution in [0.2, 0.25) is 0 Å². The molecule has 0 amide bonds. The molecule has 15 heavy (non-hydrogen) atoms. The summed E-state index contributed by atoms with van der Waals surface area (Å²) in [5, 5.41) is 9.50. The summed E-state index contributed by atoms with van der Waals surface area (Å²) in [5.74, 6) is -0.347. The second-order valence-corrected chi connectivity index (χ2v) is 4.29. The topological polar surface area (TPSA) is 46.5 Å². The van der Waals surface area contributed by atoms with Gasteiger partial charge in [-0.3, -0.25) is 4.79 Å². The van der Waals surface area contributed by atoms with E-state index in [1.54, 1.807) is 13.8 Å².